The third kappa shape index (κ3) is 4.22. The fraction of sp³-hybridized carbons (Fsp3) is 0.261. The molecule has 11 heteroatoms. The van der Waals surface area contributed by atoms with Crippen LogP contribution in [0.3, 0.4) is 0 Å². The number of likely N-dealkylation sites (tertiary alicyclic amines) is 1. The van der Waals surface area contributed by atoms with Gasteiger partial charge in [0.25, 0.3) is 5.91 Å². The van der Waals surface area contributed by atoms with Crippen molar-refractivity contribution in [3.05, 3.63) is 59.9 Å². The van der Waals surface area contributed by atoms with Gasteiger partial charge in [-0.05, 0) is 37.1 Å². The molecule has 4 N–H and O–H groups in total. The molecule has 172 valence electrons. The van der Waals surface area contributed by atoms with E-state index in [9.17, 15) is 4.79 Å². The number of imidazole rings is 1. The minimum Gasteiger partial charge on any atom is -0.349 e. The van der Waals surface area contributed by atoms with Crippen molar-refractivity contribution in [1.29, 1.82) is 0 Å². The van der Waals surface area contributed by atoms with E-state index in [4.69, 9.17) is 0 Å². The number of nitrogens with zero attached hydrogens (tertiary/aromatic N) is 5. The van der Waals surface area contributed by atoms with Gasteiger partial charge in [-0.25, -0.2) is 15.0 Å². The number of amides is 1. The summed E-state index contributed by atoms with van der Waals surface area (Å²) in [5, 5.41) is 15.5. The smallest absolute Gasteiger partial charge is 0.261 e. The summed E-state index contributed by atoms with van der Waals surface area (Å²) < 4.78 is 0. The predicted molar refractivity (Wildman–Crippen MR) is 131 cm³/mol. The molecule has 5 heterocycles. The van der Waals surface area contributed by atoms with Crippen molar-refractivity contribution in [3.63, 3.8) is 0 Å². The van der Waals surface area contributed by atoms with E-state index in [0.717, 1.165) is 65.1 Å². The van der Waals surface area contributed by atoms with Gasteiger partial charge >= 0.3 is 0 Å². The van der Waals surface area contributed by atoms with Gasteiger partial charge in [0.15, 0.2) is 0 Å². The van der Waals surface area contributed by atoms with Crippen LogP contribution in [0.5, 0.6) is 0 Å². The molecule has 1 aliphatic rings. The van der Waals surface area contributed by atoms with Gasteiger partial charge < -0.3 is 15.6 Å². The van der Waals surface area contributed by atoms with Crippen LogP contribution in [0.25, 0.3) is 21.1 Å². The first-order valence-electron chi connectivity index (χ1n) is 11.2. The summed E-state index contributed by atoms with van der Waals surface area (Å²) in [5.74, 6) is 1.59. The average Bonchev–Trinajstić information content (AvgIpc) is 3.61. The van der Waals surface area contributed by atoms with Crippen LogP contribution in [0, 0.1) is 0 Å². The summed E-state index contributed by atoms with van der Waals surface area (Å²) in [4.78, 5) is 33.0. The number of H-pyrrole nitrogens is 2. The number of aromatic amines is 2. The van der Waals surface area contributed by atoms with E-state index in [1.54, 1.807) is 12.4 Å². The van der Waals surface area contributed by atoms with E-state index < -0.39 is 0 Å². The van der Waals surface area contributed by atoms with Gasteiger partial charge in [-0.3, -0.25) is 14.8 Å². The molecule has 34 heavy (non-hydrogen) atoms. The van der Waals surface area contributed by atoms with Crippen LogP contribution in [0.4, 0.5) is 11.5 Å². The normalized spacial score (nSPS) is 15.2. The number of nitrogens with one attached hydrogen (secondary N) is 4. The molecule has 0 aliphatic carbocycles. The highest BCUT2D eigenvalue weighted by Crippen LogP contribution is 2.30. The molecule has 5 aromatic rings. The second-order valence-electron chi connectivity index (χ2n) is 8.41. The Labute approximate surface area is 198 Å². The zero-order valence-electron chi connectivity index (χ0n) is 18.3. The zero-order valence-corrected chi connectivity index (χ0v) is 19.1. The fourth-order valence-corrected chi connectivity index (χ4v) is 5.21. The molecule has 1 aromatic carbocycles. The molecule has 1 saturated heterocycles. The molecule has 10 nitrogen and oxygen atoms in total. The van der Waals surface area contributed by atoms with Gasteiger partial charge in [0, 0.05) is 42.6 Å². The van der Waals surface area contributed by atoms with Gasteiger partial charge in [0.05, 0.1) is 28.5 Å². The Morgan fingerprint density at radius 2 is 2.09 bits per heavy atom. The van der Waals surface area contributed by atoms with Crippen molar-refractivity contribution < 1.29 is 4.79 Å². The lowest BCUT2D eigenvalue weighted by atomic mass is 10.0. The van der Waals surface area contributed by atoms with E-state index in [2.05, 4.69) is 45.7 Å². The van der Waals surface area contributed by atoms with E-state index in [1.807, 2.05) is 30.5 Å². The second kappa shape index (κ2) is 8.84. The number of rotatable bonds is 6. The van der Waals surface area contributed by atoms with Gasteiger partial charge in [0.1, 0.15) is 22.8 Å². The molecular weight excluding hydrogens is 450 g/mol. The van der Waals surface area contributed by atoms with Crippen molar-refractivity contribution in [1.82, 2.24) is 40.3 Å². The molecular formula is C23H23N9OS. The molecule has 1 aliphatic heterocycles. The van der Waals surface area contributed by atoms with Crippen molar-refractivity contribution in [3.8, 4) is 0 Å². The maximum absolute atomic E-state index is 13.0. The topological polar surface area (TPSA) is 128 Å². The van der Waals surface area contributed by atoms with Crippen molar-refractivity contribution in [2.75, 3.05) is 18.4 Å². The van der Waals surface area contributed by atoms with Crippen molar-refractivity contribution in [2.45, 2.75) is 25.4 Å². The third-order valence-corrected chi connectivity index (χ3v) is 7.15. The predicted octanol–water partition coefficient (Wildman–Crippen LogP) is 3.43. The molecule has 0 saturated carbocycles. The Morgan fingerprint density at radius 3 is 2.94 bits per heavy atom. The van der Waals surface area contributed by atoms with E-state index in [0.29, 0.717) is 10.7 Å². The largest absolute Gasteiger partial charge is 0.349 e. The molecule has 0 unspecified atom stereocenters. The SMILES string of the molecule is O=C(NC1CCN(Cc2ncc[nH]2)CC1)c1cc2c(Nc3ccc4cn[nH]c4c3)ncnc2s1. The number of hydrogen-bond acceptors (Lipinski definition) is 8. The fourth-order valence-electron chi connectivity index (χ4n) is 4.31. The number of hydrogen-bond donors (Lipinski definition) is 4. The maximum Gasteiger partial charge on any atom is 0.261 e. The molecule has 0 spiro atoms. The molecule has 0 bridgehead atoms. The highest BCUT2D eigenvalue weighted by Gasteiger charge is 2.23. The summed E-state index contributed by atoms with van der Waals surface area (Å²) >= 11 is 1.38. The number of carbonyl (C=O) groups is 1. The number of aromatic nitrogens is 6. The Morgan fingerprint density at radius 1 is 1.18 bits per heavy atom. The summed E-state index contributed by atoms with van der Waals surface area (Å²) in [6, 6.07) is 7.98. The standard InChI is InChI=1S/C23H23N9OS/c33-22(30-15-3-7-32(8-4-15)12-20-24-5-6-25-20)19-10-17-21(26-13-27-23(17)34-19)29-16-2-1-14-11-28-31-18(14)9-16/h1-2,5-6,9-11,13,15H,3-4,7-8,12H2,(H,24,25)(H,28,31)(H,30,33)(H,26,27,29). The highest BCUT2D eigenvalue weighted by atomic mass is 32.1. The van der Waals surface area contributed by atoms with Crippen LogP contribution in [0.2, 0.25) is 0 Å². The lowest BCUT2D eigenvalue weighted by molar-refractivity contribution is 0.0912. The van der Waals surface area contributed by atoms with Crippen LogP contribution in [0.15, 0.2) is 49.2 Å². The Bertz CT molecular complexity index is 1430. The molecule has 4 aromatic heterocycles. The van der Waals surface area contributed by atoms with Crippen LogP contribution >= 0.6 is 11.3 Å². The monoisotopic (exact) mass is 473 g/mol. The molecule has 1 fully saturated rings. The number of carbonyl (C=O) groups excluding carboxylic acids is 1. The van der Waals surface area contributed by atoms with Gasteiger partial charge in [-0.2, -0.15) is 5.10 Å². The lowest BCUT2D eigenvalue weighted by Gasteiger charge is -2.31. The summed E-state index contributed by atoms with van der Waals surface area (Å²) in [6.07, 6.45) is 8.76. The second-order valence-corrected chi connectivity index (χ2v) is 9.44. The zero-order chi connectivity index (χ0) is 22.9. The summed E-state index contributed by atoms with van der Waals surface area (Å²) in [7, 11) is 0. The first-order chi connectivity index (χ1) is 16.7. The van der Waals surface area contributed by atoms with Gasteiger partial charge in [-0.1, -0.05) is 0 Å². The molecule has 0 radical (unpaired) electrons. The van der Waals surface area contributed by atoms with Crippen LogP contribution in [0.1, 0.15) is 28.3 Å². The first kappa shape index (κ1) is 20.8. The molecule has 0 atom stereocenters. The van der Waals surface area contributed by atoms with Crippen LogP contribution in [-0.4, -0.2) is 60.1 Å². The number of piperidine rings is 1. The lowest BCUT2D eigenvalue weighted by Crippen LogP contribution is -2.44. The number of benzene rings is 1. The Hall–Kier alpha value is -3.83. The first-order valence-corrected chi connectivity index (χ1v) is 12.0. The van der Waals surface area contributed by atoms with Crippen LogP contribution < -0.4 is 10.6 Å². The highest BCUT2D eigenvalue weighted by molar-refractivity contribution is 7.20. The number of thiophene rings is 1. The van der Waals surface area contributed by atoms with Gasteiger partial charge in [0.2, 0.25) is 0 Å². The van der Waals surface area contributed by atoms with E-state index in [-0.39, 0.29) is 11.9 Å². The van der Waals surface area contributed by atoms with Gasteiger partial charge in [-0.15, -0.1) is 11.3 Å². The minimum atomic E-state index is -0.0580. The summed E-state index contributed by atoms with van der Waals surface area (Å²) in [5.41, 5.74) is 1.83. The number of anilines is 2. The summed E-state index contributed by atoms with van der Waals surface area (Å²) in [6.45, 7) is 2.67. The maximum atomic E-state index is 13.0. The molecule has 1 amide bonds. The average molecular weight is 474 g/mol. The molecule has 6 rings (SSSR count). The van der Waals surface area contributed by atoms with Crippen molar-refractivity contribution >= 4 is 49.9 Å². The van der Waals surface area contributed by atoms with Crippen LogP contribution in [-0.2, 0) is 6.54 Å². The van der Waals surface area contributed by atoms with E-state index >= 15 is 0 Å². The Kier molecular flexibility index (Phi) is 5.40. The minimum absolute atomic E-state index is 0.0580. The van der Waals surface area contributed by atoms with Crippen molar-refractivity contribution in [2.24, 2.45) is 0 Å². The Balaban J connectivity index is 1.13. The third-order valence-electron chi connectivity index (χ3n) is 6.11. The van der Waals surface area contributed by atoms with E-state index in [1.165, 1.54) is 17.7 Å². The number of fused-ring (bicyclic) bond motifs is 2. The quantitative estimate of drug-likeness (QED) is 0.297.